The lowest BCUT2D eigenvalue weighted by Crippen LogP contribution is -2.09. The van der Waals surface area contributed by atoms with E-state index in [1.807, 2.05) is 18.2 Å². The van der Waals surface area contributed by atoms with Crippen molar-refractivity contribution in [2.75, 3.05) is 5.43 Å². The first-order valence-corrected chi connectivity index (χ1v) is 6.94. The van der Waals surface area contributed by atoms with Crippen LogP contribution in [0.15, 0.2) is 41.4 Å². The van der Waals surface area contributed by atoms with Crippen molar-refractivity contribution in [1.82, 2.24) is 4.98 Å². The number of anilines is 1. The number of pyridine rings is 1. The van der Waals surface area contributed by atoms with E-state index in [4.69, 9.17) is 29.0 Å². The summed E-state index contributed by atoms with van der Waals surface area (Å²) in [6.07, 6.45) is 0. The van der Waals surface area contributed by atoms with Gasteiger partial charge in [-0.15, -0.1) is 11.8 Å². The minimum Gasteiger partial charge on any atom is -0.307 e. The molecule has 18 heavy (non-hydrogen) atoms. The Balaban J connectivity index is 2.14. The van der Waals surface area contributed by atoms with Gasteiger partial charge in [0.25, 0.3) is 0 Å². The maximum atomic E-state index is 6.09. The van der Waals surface area contributed by atoms with Crippen molar-refractivity contribution in [3.8, 4) is 0 Å². The minimum atomic E-state index is 0.409. The predicted octanol–water partition coefficient (Wildman–Crippen LogP) is 3.97. The number of aromatic nitrogens is 1. The lowest BCUT2D eigenvalue weighted by molar-refractivity contribution is 1.11. The second-order valence-electron chi connectivity index (χ2n) is 3.52. The predicted molar refractivity (Wildman–Crippen MR) is 78.1 cm³/mol. The number of nitrogens with zero attached hydrogens (tertiary/aromatic N) is 1. The Morgan fingerprint density at radius 3 is 2.56 bits per heavy atom. The molecule has 2 aromatic rings. The highest BCUT2D eigenvalue weighted by Gasteiger charge is 2.09. The third-order valence-corrected chi connectivity index (χ3v) is 4.00. The van der Waals surface area contributed by atoms with Gasteiger partial charge in [0.05, 0.1) is 10.0 Å². The molecule has 0 saturated carbocycles. The average Bonchev–Trinajstić information content (AvgIpc) is 2.39. The van der Waals surface area contributed by atoms with E-state index in [9.17, 15) is 0 Å². The smallest absolute Gasteiger partial charge is 0.160 e. The molecular formula is C12H11Cl2N3S. The van der Waals surface area contributed by atoms with Crippen LogP contribution in [-0.4, -0.2) is 4.98 Å². The number of hydrogen-bond acceptors (Lipinski definition) is 4. The standard InChI is InChI=1S/C12H11Cl2N3S/c13-9-6-10(14)12(16-11(9)17-15)18-7-8-4-2-1-3-5-8/h1-6H,7,15H2,(H,16,17). The summed E-state index contributed by atoms with van der Waals surface area (Å²) >= 11 is 13.5. The Bertz CT molecular complexity index is 534. The molecule has 0 aliphatic rings. The fraction of sp³-hybridized carbons (Fsp3) is 0.0833. The van der Waals surface area contributed by atoms with Gasteiger partial charge in [-0.25, -0.2) is 10.8 Å². The number of rotatable bonds is 4. The van der Waals surface area contributed by atoms with Crippen LogP contribution in [0.2, 0.25) is 10.0 Å². The third kappa shape index (κ3) is 3.29. The van der Waals surface area contributed by atoms with Crippen molar-refractivity contribution < 1.29 is 0 Å². The van der Waals surface area contributed by atoms with Crippen molar-refractivity contribution in [3.05, 3.63) is 52.0 Å². The van der Waals surface area contributed by atoms with Crippen LogP contribution in [0.1, 0.15) is 5.56 Å². The summed E-state index contributed by atoms with van der Waals surface area (Å²) in [6, 6.07) is 11.7. The number of thioether (sulfide) groups is 1. The number of benzene rings is 1. The monoisotopic (exact) mass is 299 g/mol. The Kier molecular flexibility index (Phi) is 4.72. The SMILES string of the molecule is NNc1nc(SCc2ccccc2)c(Cl)cc1Cl. The van der Waals surface area contributed by atoms with Gasteiger partial charge in [-0.1, -0.05) is 53.5 Å². The molecule has 0 atom stereocenters. The van der Waals surface area contributed by atoms with E-state index in [2.05, 4.69) is 22.5 Å². The number of nitrogens with two attached hydrogens (primary N) is 1. The van der Waals surface area contributed by atoms with Crippen LogP contribution in [0.25, 0.3) is 0 Å². The Morgan fingerprint density at radius 2 is 1.89 bits per heavy atom. The first-order chi connectivity index (χ1) is 8.70. The zero-order valence-electron chi connectivity index (χ0n) is 9.36. The largest absolute Gasteiger partial charge is 0.307 e. The van der Waals surface area contributed by atoms with Gasteiger partial charge >= 0.3 is 0 Å². The summed E-state index contributed by atoms with van der Waals surface area (Å²) in [5.41, 5.74) is 3.65. The Hall–Kier alpha value is -0.940. The molecule has 0 saturated heterocycles. The van der Waals surface area contributed by atoms with Crippen LogP contribution in [0, 0.1) is 0 Å². The zero-order valence-corrected chi connectivity index (χ0v) is 11.7. The highest BCUT2D eigenvalue weighted by atomic mass is 35.5. The van der Waals surface area contributed by atoms with Crippen molar-refractivity contribution >= 4 is 40.8 Å². The van der Waals surface area contributed by atoms with Gasteiger partial charge in [0.1, 0.15) is 5.03 Å². The van der Waals surface area contributed by atoms with E-state index in [1.54, 1.807) is 17.8 Å². The molecule has 3 N–H and O–H groups in total. The molecule has 1 aromatic carbocycles. The van der Waals surface area contributed by atoms with Crippen LogP contribution in [0.5, 0.6) is 0 Å². The van der Waals surface area contributed by atoms with Crippen molar-refractivity contribution in [3.63, 3.8) is 0 Å². The summed E-state index contributed by atoms with van der Waals surface area (Å²) in [7, 11) is 0. The fourth-order valence-corrected chi connectivity index (χ4v) is 2.80. The molecule has 0 amide bonds. The van der Waals surface area contributed by atoms with E-state index < -0.39 is 0 Å². The first-order valence-electron chi connectivity index (χ1n) is 5.20. The van der Waals surface area contributed by atoms with E-state index in [-0.39, 0.29) is 0 Å². The lowest BCUT2D eigenvalue weighted by Gasteiger charge is -2.08. The molecule has 6 heteroatoms. The highest BCUT2D eigenvalue weighted by Crippen LogP contribution is 2.33. The Morgan fingerprint density at radius 1 is 1.17 bits per heavy atom. The van der Waals surface area contributed by atoms with Crippen LogP contribution >= 0.6 is 35.0 Å². The summed E-state index contributed by atoms with van der Waals surface area (Å²) in [6.45, 7) is 0. The molecule has 0 aliphatic heterocycles. The summed E-state index contributed by atoms with van der Waals surface area (Å²) in [5, 5.41) is 1.64. The summed E-state index contributed by atoms with van der Waals surface area (Å²) in [5.74, 6) is 6.55. The number of nitrogen functional groups attached to an aromatic ring is 1. The highest BCUT2D eigenvalue weighted by molar-refractivity contribution is 7.98. The van der Waals surface area contributed by atoms with Crippen molar-refractivity contribution in [2.45, 2.75) is 10.8 Å². The molecular weight excluding hydrogens is 289 g/mol. The summed E-state index contributed by atoms with van der Waals surface area (Å²) in [4.78, 5) is 4.27. The van der Waals surface area contributed by atoms with E-state index in [1.165, 1.54) is 5.56 Å². The molecule has 0 unspecified atom stereocenters. The van der Waals surface area contributed by atoms with Crippen LogP contribution in [0.4, 0.5) is 5.82 Å². The fourth-order valence-electron chi connectivity index (χ4n) is 1.38. The second-order valence-corrected chi connectivity index (χ2v) is 5.30. The zero-order chi connectivity index (χ0) is 13.0. The second kappa shape index (κ2) is 6.29. The number of hydrogen-bond donors (Lipinski definition) is 2. The maximum absolute atomic E-state index is 6.09. The van der Waals surface area contributed by atoms with Gasteiger partial charge in [-0.3, -0.25) is 0 Å². The van der Waals surface area contributed by atoms with Gasteiger partial charge in [0.2, 0.25) is 0 Å². The minimum absolute atomic E-state index is 0.409. The summed E-state index contributed by atoms with van der Waals surface area (Å²) < 4.78 is 0. The number of hydrazine groups is 1. The van der Waals surface area contributed by atoms with Gasteiger partial charge in [0.15, 0.2) is 5.82 Å². The molecule has 3 nitrogen and oxygen atoms in total. The van der Waals surface area contributed by atoms with Crippen molar-refractivity contribution in [1.29, 1.82) is 0 Å². The number of nitrogens with one attached hydrogen (secondary N) is 1. The van der Waals surface area contributed by atoms with E-state index in [0.717, 1.165) is 5.75 Å². The van der Waals surface area contributed by atoms with Gasteiger partial charge in [-0.2, -0.15) is 0 Å². The molecule has 2 rings (SSSR count). The Labute approximate surface area is 120 Å². The number of halogens is 2. The molecule has 0 radical (unpaired) electrons. The molecule has 0 bridgehead atoms. The average molecular weight is 300 g/mol. The third-order valence-electron chi connectivity index (χ3n) is 2.25. The molecule has 94 valence electrons. The van der Waals surface area contributed by atoms with E-state index in [0.29, 0.717) is 20.9 Å². The van der Waals surface area contributed by atoms with Crippen molar-refractivity contribution in [2.24, 2.45) is 5.84 Å². The quantitative estimate of drug-likeness (QED) is 0.510. The van der Waals surface area contributed by atoms with Crippen LogP contribution in [-0.2, 0) is 5.75 Å². The molecule has 0 fully saturated rings. The molecule has 1 heterocycles. The van der Waals surface area contributed by atoms with Gasteiger partial charge < -0.3 is 5.43 Å². The van der Waals surface area contributed by atoms with E-state index >= 15 is 0 Å². The maximum Gasteiger partial charge on any atom is 0.160 e. The molecule has 0 spiro atoms. The normalized spacial score (nSPS) is 10.4. The lowest BCUT2D eigenvalue weighted by atomic mass is 10.2. The van der Waals surface area contributed by atoms with Gasteiger partial charge in [-0.05, 0) is 11.6 Å². The molecule has 0 aliphatic carbocycles. The van der Waals surface area contributed by atoms with Gasteiger partial charge in [0, 0.05) is 5.75 Å². The molecule has 1 aromatic heterocycles. The first kappa shape index (κ1) is 13.5. The van der Waals surface area contributed by atoms with Crippen LogP contribution in [0.3, 0.4) is 0 Å². The topological polar surface area (TPSA) is 50.9 Å². The van der Waals surface area contributed by atoms with Crippen LogP contribution < -0.4 is 11.3 Å².